The molecule has 0 saturated heterocycles. The zero-order chi connectivity index (χ0) is 16.8. The van der Waals surface area contributed by atoms with Gasteiger partial charge in [-0.3, -0.25) is 0 Å². The number of phenolic OH excluding ortho intramolecular Hbond substituents is 1. The third-order valence-corrected chi connectivity index (χ3v) is 3.20. The first-order chi connectivity index (χ1) is 10.5. The third kappa shape index (κ3) is 12.5. The minimum Gasteiger partial charge on any atom is -0.508 e. The number of hydrogen-bond donors (Lipinski definition) is 2. The van der Waals surface area contributed by atoms with Crippen molar-refractivity contribution in [2.24, 2.45) is 5.92 Å². The molecule has 4 heteroatoms. The van der Waals surface area contributed by atoms with Crippen LogP contribution in [0.3, 0.4) is 0 Å². The van der Waals surface area contributed by atoms with Crippen molar-refractivity contribution in [3.8, 4) is 11.5 Å². The number of rotatable bonds is 9. The number of benzene rings is 1. The number of phenols is 1. The van der Waals surface area contributed by atoms with E-state index in [9.17, 15) is 0 Å². The van der Waals surface area contributed by atoms with E-state index in [1.165, 1.54) is 25.3 Å². The highest BCUT2D eigenvalue weighted by molar-refractivity contribution is 5.31. The number of aromatic hydroxyl groups is 1. The molecule has 0 heterocycles. The Bertz CT molecular complexity index is 366. The lowest BCUT2D eigenvalue weighted by molar-refractivity contribution is 0.122. The predicted octanol–water partition coefficient (Wildman–Crippen LogP) is 4.00. The molecule has 1 rings (SSSR count). The van der Waals surface area contributed by atoms with Crippen molar-refractivity contribution in [3.05, 3.63) is 24.3 Å². The van der Waals surface area contributed by atoms with E-state index in [-0.39, 0.29) is 12.4 Å². The molecule has 1 aromatic carbocycles. The smallest absolute Gasteiger partial charge is 0.123 e. The van der Waals surface area contributed by atoms with Gasteiger partial charge in [0.15, 0.2) is 0 Å². The third-order valence-electron chi connectivity index (χ3n) is 3.20. The Morgan fingerprint density at radius 2 is 1.91 bits per heavy atom. The van der Waals surface area contributed by atoms with Gasteiger partial charge in [-0.1, -0.05) is 26.3 Å². The zero-order valence-corrected chi connectivity index (χ0v) is 14.4. The molecule has 2 atom stereocenters. The molecule has 0 aromatic heterocycles. The molecular weight excluding hydrogens is 280 g/mol. The Hall–Kier alpha value is -1.26. The van der Waals surface area contributed by atoms with E-state index < -0.39 is 6.10 Å². The summed E-state index contributed by atoms with van der Waals surface area (Å²) in [6.45, 7) is 10.3. The van der Waals surface area contributed by atoms with Gasteiger partial charge in [-0.05, 0) is 44.7 Å². The van der Waals surface area contributed by atoms with E-state index in [0.717, 1.165) is 19.1 Å². The molecule has 0 spiro atoms. The van der Waals surface area contributed by atoms with Gasteiger partial charge >= 0.3 is 0 Å². The predicted molar refractivity (Wildman–Crippen MR) is 90.5 cm³/mol. The van der Waals surface area contributed by atoms with Crippen molar-refractivity contribution in [3.63, 3.8) is 0 Å². The summed E-state index contributed by atoms with van der Waals surface area (Å²) in [5.41, 5.74) is 0. The van der Waals surface area contributed by atoms with Crippen LogP contribution in [-0.4, -0.2) is 36.1 Å². The summed E-state index contributed by atoms with van der Waals surface area (Å²) >= 11 is 0. The van der Waals surface area contributed by atoms with Crippen molar-refractivity contribution < 1.29 is 19.7 Å². The first-order valence-corrected chi connectivity index (χ1v) is 8.17. The van der Waals surface area contributed by atoms with Crippen molar-refractivity contribution >= 4 is 0 Å². The Kier molecular flexibility index (Phi) is 12.6. The maximum atomic E-state index is 9.04. The van der Waals surface area contributed by atoms with Crippen molar-refractivity contribution in [2.45, 2.75) is 53.1 Å². The minimum atomic E-state index is -0.493. The molecule has 0 saturated carbocycles. The van der Waals surface area contributed by atoms with Crippen LogP contribution in [0.5, 0.6) is 11.5 Å². The van der Waals surface area contributed by atoms with Gasteiger partial charge < -0.3 is 19.7 Å². The molecule has 0 radical (unpaired) electrons. The van der Waals surface area contributed by atoms with E-state index in [0.29, 0.717) is 5.75 Å². The number of aliphatic hydroxyl groups excluding tert-OH is 1. The van der Waals surface area contributed by atoms with Crippen LogP contribution in [0.15, 0.2) is 24.3 Å². The van der Waals surface area contributed by atoms with E-state index in [4.69, 9.17) is 19.7 Å². The van der Waals surface area contributed by atoms with Crippen LogP contribution in [-0.2, 0) is 4.74 Å². The molecule has 2 unspecified atom stereocenters. The van der Waals surface area contributed by atoms with Gasteiger partial charge in [0.1, 0.15) is 18.1 Å². The topological polar surface area (TPSA) is 58.9 Å². The van der Waals surface area contributed by atoms with Crippen LogP contribution in [0, 0.1) is 5.92 Å². The highest BCUT2D eigenvalue weighted by Crippen LogP contribution is 2.17. The van der Waals surface area contributed by atoms with Gasteiger partial charge in [0.2, 0.25) is 0 Å². The summed E-state index contributed by atoms with van der Waals surface area (Å²) in [4.78, 5) is 0. The summed E-state index contributed by atoms with van der Waals surface area (Å²) in [5, 5.41) is 17.9. The summed E-state index contributed by atoms with van der Waals surface area (Å²) in [6.07, 6.45) is 3.35. The van der Waals surface area contributed by atoms with Crippen LogP contribution in [0.1, 0.15) is 47.0 Å². The lowest BCUT2D eigenvalue weighted by Crippen LogP contribution is -2.12. The second-order valence-electron chi connectivity index (χ2n) is 5.51. The maximum absolute atomic E-state index is 9.04. The number of aliphatic hydroxyl groups is 1. The summed E-state index contributed by atoms with van der Waals surface area (Å²) in [6, 6.07) is 6.48. The number of ether oxygens (including phenoxy) is 2. The molecular formula is C18H32O4. The largest absolute Gasteiger partial charge is 0.508 e. The average Bonchev–Trinajstić information content (AvgIpc) is 2.50. The maximum Gasteiger partial charge on any atom is 0.123 e. The molecule has 128 valence electrons. The first kappa shape index (κ1) is 20.7. The van der Waals surface area contributed by atoms with Gasteiger partial charge in [-0.25, -0.2) is 0 Å². The Morgan fingerprint density at radius 3 is 2.45 bits per heavy atom. The highest BCUT2D eigenvalue weighted by Gasteiger charge is 1.98. The Morgan fingerprint density at radius 1 is 1.18 bits per heavy atom. The molecule has 0 fully saturated rings. The zero-order valence-electron chi connectivity index (χ0n) is 14.4. The van der Waals surface area contributed by atoms with E-state index in [1.807, 2.05) is 6.92 Å². The van der Waals surface area contributed by atoms with Crippen LogP contribution in [0.25, 0.3) is 0 Å². The molecule has 0 aliphatic rings. The van der Waals surface area contributed by atoms with Crippen LogP contribution in [0.4, 0.5) is 0 Å². The van der Waals surface area contributed by atoms with E-state index in [1.54, 1.807) is 25.1 Å². The molecule has 0 bridgehead atoms. The highest BCUT2D eigenvalue weighted by atomic mass is 16.5. The summed E-state index contributed by atoms with van der Waals surface area (Å²) < 4.78 is 10.4. The number of hydrogen-bond acceptors (Lipinski definition) is 4. The van der Waals surface area contributed by atoms with Gasteiger partial charge in [-0.2, -0.15) is 0 Å². The van der Waals surface area contributed by atoms with E-state index >= 15 is 0 Å². The van der Waals surface area contributed by atoms with Crippen LogP contribution in [0.2, 0.25) is 0 Å². The SMILES string of the molecule is CC(O)COc1cccc(O)c1.CCOCCCC(C)CC. The van der Waals surface area contributed by atoms with Gasteiger partial charge in [0.05, 0.1) is 6.10 Å². The second kappa shape index (κ2) is 13.4. The van der Waals surface area contributed by atoms with Crippen LogP contribution < -0.4 is 4.74 Å². The van der Waals surface area contributed by atoms with Gasteiger partial charge in [0, 0.05) is 19.3 Å². The standard InChI is InChI=1S/C9H12O3.C9H20O/c1-7(10)6-12-9-4-2-3-8(11)5-9;1-4-9(3)7-6-8-10-5-2/h2-5,7,10-11H,6H2,1H3;9H,4-8H2,1-3H3. The van der Waals surface area contributed by atoms with Gasteiger partial charge in [0.25, 0.3) is 0 Å². The Balaban J connectivity index is 0.000000409. The van der Waals surface area contributed by atoms with Crippen molar-refractivity contribution in [1.82, 2.24) is 0 Å². The lowest BCUT2D eigenvalue weighted by atomic mass is 10.0. The van der Waals surface area contributed by atoms with E-state index in [2.05, 4.69) is 13.8 Å². The molecule has 1 aromatic rings. The van der Waals surface area contributed by atoms with Crippen LogP contribution >= 0.6 is 0 Å². The molecule has 22 heavy (non-hydrogen) atoms. The van der Waals surface area contributed by atoms with Crippen molar-refractivity contribution in [2.75, 3.05) is 19.8 Å². The fourth-order valence-corrected chi connectivity index (χ4v) is 1.67. The lowest BCUT2D eigenvalue weighted by Gasteiger charge is -2.07. The fraction of sp³-hybridized carbons (Fsp3) is 0.667. The normalized spacial score (nSPS) is 13.0. The second-order valence-corrected chi connectivity index (χ2v) is 5.51. The molecule has 4 nitrogen and oxygen atoms in total. The average molecular weight is 312 g/mol. The van der Waals surface area contributed by atoms with Crippen molar-refractivity contribution in [1.29, 1.82) is 0 Å². The molecule has 2 N–H and O–H groups in total. The molecule has 0 aliphatic carbocycles. The first-order valence-electron chi connectivity index (χ1n) is 8.17. The molecule has 0 amide bonds. The Labute approximate surface area is 135 Å². The summed E-state index contributed by atoms with van der Waals surface area (Å²) in [7, 11) is 0. The molecule has 0 aliphatic heterocycles. The minimum absolute atomic E-state index is 0.165. The summed E-state index contributed by atoms with van der Waals surface area (Å²) in [5.74, 6) is 1.61. The van der Waals surface area contributed by atoms with Gasteiger partial charge in [-0.15, -0.1) is 0 Å². The fourth-order valence-electron chi connectivity index (χ4n) is 1.67. The monoisotopic (exact) mass is 312 g/mol. The quantitative estimate of drug-likeness (QED) is 0.677.